The molecular weight excluding hydrogens is 292 g/mol. The fourth-order valence-corrected chi connectivity index (χ4v) is 2.94. The molecule has 0 aromatic heterocycles. The highest BCUT2D eigenvalue weighted by molar-refractivity contribution is 6.04. The summed E-state index contributed by atoms with van der Waals surface area (Å²) in [6, 6.07) is 0. The first kappa shape index (κ1) is 15.7. The van der Waals surface area contributed by atoms with Crippen LogP contribution in [-0.4, -0.2) is 24.1 Å². The molecule has 0 aliphatic carbocycles. The topological polar surface area (TPSA) is 44.8 Å². The minimum absolute atomic E-state index is 0.0858. The van der Waals surface area contributed by atoms with Gasteiger partial charge in [-0.25, -0.2) is 0 Å². The SMILES string of the molecule is COc1c2c(c(C(C)=O)c3c1C=CC(C)(C)O3)OC(C)(C)C=C2. The number of ether oxygens (including phenoxy) is 3. The summed E-state index contributed by atoms with van der Waals surface area (Å²) in [5.41, 5.74) is 1.06. The molecule has 0 fully saturated rings. The lowest BCUT2D eigenvalue weighted by molar-refractivity contribution is 0.0981. The Bertz CT molecular complexity index is 698. The van der Waals surface area contributed by atoms with Crippen molar-refractivity contribution >= 4 is 17.9 Å². The minimum Gasteiger partial charge on any atom is -0.495 e. The average molecular weight is 314 g/mol. The van der Waals surface area contributed by atoms with E-state index in [4.69, 9.17) is 14.2 Å². The lowest BCUT2D eigenvalue weighted by Gasteiger charge is -2.35. The first-order chi connectivity index (χ1) is 10.7. The molecule has 0 atom stereocenters. The van der Waals surface area contributed by atoms with Gasteiger partial charge in [-0.05, 0) is 58.9 Å². The maximum atomic E-state index is 12.4. The van der Waals surface area contributed by atoms with Gasteiger partial charge in [-0.3, -0.25) is 4.79 Å². The van der Waals surface area contributed by atoms with Crippen molar-refractivity contribution in [1.29, 1.82) is 0 Å². The normalized spacial score (nSPS) is 19.2. The molecule has 2 aliphatic rings. The smallest absolute Gasteiger partial charge is 0.167 e. The number of hydrogen-bond acceptors (Lipinski definition) is 4. The minimum atomic E-state index is -0.490. The van der Waals surface area contributed by atoms with Crippen molar-refractivity contribution < 1.29 is 19.0 Å². The van der Waals surface area contributed by atoms with Gasteiger partial charge in [-0.15, -0.1) is 0 Å². The van der Waals surface area contributed by atoms with E-state index in [1.807, 2.05) is 52.0 Å². The van der Waals surface area contributed by atoms with Crippen molar-refractivity contribution in [3.63, 3.8) is 0 Å². The molecule has 3 rings (SSSR count). The number of carbonyl (C=O) groups is 1. The van der Waals surface area contributed by atoms with Crippen LogP contribution in [-0.2, 0) is 0 Å². The number of methoxy groups -OCH3 is 1. The molecule has 0 N–H and O–H groups in total. The molecule has 0 unspecified atom stereocenters. The molecule has 0 bridgehead atoms. The van der Waals surface area contributed by atoms with Crippen LogP contribution < -0.4 is 14.2 Å². The summed E-state index contributed by atoms with van der Waals surface area (Å²) in [7, 11) is 1.62. The Balaban J connectivity index is 2.38. The molecule has 4 nitrogen and oxygen atoms in total. The van der Waals surface area contributed by atoms with E-state index in [1.165, 1.54) is 6.92 Å². The van der Waals surface area contributed by atoms with E-state index in [0.29, 0.717) is 22.8 Å². The van der Waals surface area contributed by atoms with Crippen LogP contribution in [0.4, 0.5) is 0 Å². The van der Waals surface area contributed by atoms with Gasteiger partial charge in [0.05, 0.1) is 18.2 Å². The third-order valence-corrected chi connectivity index (χ3v) is 4.02. The van der Waals surface area contributed by atoms with Gasteiger partial charge in [0.1, 0.15) is 34.0 Å². The number of benzene rings is 1. The summed E-state index contributed by atoms with van der Waals surface area (Å²) < 4.78 is 17.8. The van der Waals surface area contributed by atoms with E-state index in [2.05, 4.69) is 0 Å². The quantitative estimate of drug-likeness (QED) is 0.765. The zero-order chi connectivity index (χ0) is 17.0. The van der Waals surface area contributed by atoms with Gasteiger partial charge < -0.3 is 14.2 Å². The summed E-state index contributed by atoms with van der Waals surface area (Å²) in [6.45, 7) is 9.34. The van der Waals surface area contributed by atoms with Crippen molar-refractivity contribution in [2.24, 2.45) is 0 Å². The first-order valence-corrected chi connectivity index (χ1v) is 7.70. The van der Waals surface area contributed by atoms with Crippen LogP contribution in [0.25, 0.3) is 12.2 Å². The molecule has 122 valence electrons. The van der Waals surface area contributed by atoms with Crippen molar-refractivity contribution in [2.45, 2.75) is 45.8 Å². The predicted octanol–water partition coefficient (Wildman–Crippen LogP) is 4.27. The lowest BCUT2D eigenvalue weighted by Crippen LogP contribution is -2.32. The van der Waals surface area contributed by atoms with Crippen LogP contribution >= 0.6 is 0 Å². The summed E-state index contributed by atoms with van der Waals surface area (Å²) >= 11 is 0. The standard InChI is InChI=1S/C19H22O4/c1-11(20)14-16-12(7-9-18(2,3)22-16)15(21-6)13-8-10-19(4,5)23-17(13)14/h7-10H,1-6H3. The molecule has 1 aromatic carbocycles. The Morgan fingerprint density at radius 2 is 1.39 bits per heavy atom. The molecule has 0 spiro atoms. The highest BCUT2D eigenvalue weighted by Gasteiger charge is 2.36. The third-order valence-electron chi connectivity index (χ3n) is 4.02. The number of ketones is 1. The van der Waals surface area contributed by atoms with Crippen molar-refractivity contribution in [3.05, 3.63) is 28.8 Å². The summed E-state index contributed by atoms with van der Waals surface area (Å²) in [5.74, 6) is 1.65. The monoisotopic (exact) mass is 314 g/mol. The zero-order valence-corrected chi connectivity index (χ0v) is 14.4. The van der Waals surface area contributed by atoms with E-state index >= 15 is 0 Å². The highest BCUT2D eigenvalue weighted by Crippen LogP contribution is 2.50. The van der Waals surface area contributed by atoms with Crippen molar-refractivity contribution in [3.8, 4) is 17.2 Å². The van der Waals surface area contributed by atoms with Gasteiger partial charge in [0.2, 0.25) is 0 Å². The predicted molar refractivity (Wildman–Crippen MR) is 90.5 cm³/mol. The van der Waals surface area contributed by atoms with Crippen molar-refractivity contribution in [1.82, 2.24) is 0 Å². The van der Waals surface area contributed by atoms with Crippen LogP contribution in [0.15, 0.2) is 12.2 Å². The zero-order valence-electron chi connectivity index (χ0n) is 14.4. The molecular formula is C19H22O4. The van der Waals surface area contributed by atoms with Gasteiger partial charge in [0.25, 0.3) is 0 Å². The lowest BCUT2D eigenvalue weighted by atomic mass is 9.91. The Hall–Kier alpha value is -2.23. The molecule has 0 saturated carbocycles. The van der Waals surface area contributed by atoms with E-state index < -0.39 is 11.2 Å². The Kier molecular flexibility index (Phi) is 3.32. The molecule has 2 heterocycles. The maximum absolute atomic E-state index is 12.4. The molecule has 2 aliphatic heterocycles. The molecule has 23 heavy (non-hydrogen) atoms. The van der Waals surface area contributed by atoms with Crippen LogP contribution in [0.2, 0.25) is 0 Å². The molecule has 0 amide bonds. The molecule has 0 radical (unpaired) electrons. The number of carbonyl (C=O) groups excluding carboxylic acids is 1. The summed E-state index contributed by atoms with van der Waals surface area (Å²) in [6.07, 6.45) is 7.84. The van der Waals surface area contributed by atoms with E-state index in [-0.39, 0.29) is 5.78 Å². The summed E-state index contributed by atoms with van der Waals surface area (Å²) in [4.78, 5) is 12.4. The second kappa shape index (κ2) is 4.88. The number of rotatable bonds is 2. The van der Waals surface area contributed by atoms with Crippen LogP contribution in [0, 0.1) is 0 Å². The van der Waals surface area contributed by atoms with Gasteiger partial charge in [0, 0.05) is 0 Å². The number of hydrogen-bond donors (Lipinski definition) is 0. The van der Waals surface area contributed by atoms with E-state index in [1.54, 1.807) is 7.11 Å². The summed E-state index contributed by atoms with van der Waals surface area (Å²) in [5, 5.41) is 0. The van der Waals surface area contributed by atoms with Crippen LogP contribution in [0.1, 0.15) is 56.1 Å². The largest absolute Gasteiger partial charge is 0.495 e. The highest BCUT2D eigenvalue weighted by atomic mass is 16.5. The van der Waals surface area contributed by atoms with E-state index in [0.717, 1.165) is 11.1 Å². The Labute approximate surface area is 136 Å². The maximum Gasteiger partial charge on any atom is 0.167 e. The number of fused-ring (bicyclic) bond motifs is 2. The molecule has 0 saturated heterocycles. The fraction of sp³-hybridized carbons (Fsp3) is 0.421. The van der Waals surface area contributed by atoms with Gasteiger partial charge in [-0.2, -0.15) is 0 Å². The molecule has 1 aromatic rings. The first-order valence-electron chi connectivity index (χ1n) is 7.70. The fourth-order valence-electron chi connectivity index (χ4n) is 2.94. The Morgan fingerprint density at radius 1 is 0.957 bits per heavy atom. The van der Waals surface area contributed by atoms with Gasteiger partial charge in [0.15, 0.2) is 5.78 Å². The molecule has 4 heteroatoms. The van der Waals surface area contributed by atoms with Crippen LogP contribution in [0.3, 0.4) is 0 Å². The second-order valence-corrected chi connectivity index (χ2v) is 7.03. The van der Waals surface area contributed by atoms with Crippen molar-refractivity contribution in [2.75, 3.05) is 7.11 Å². The van der Waals surface area contributed by atoms with Crippen LogP contribution in [0.5, 0.6) is 17.2 Å². The third kappa shape index (κ3) is 2.52. The number of Topliss-reactive ketones (excluding diaryl/α,β-unsaturated/α-hetero) is 1. The Morgan fingerprint density at radius 3 is 1.74 bits per heavy atom. The van der Waals surface area contributed by atoms with Gasteiger partial charge in [-0.1, -0.05) is 0 Å². The van der Waals surface area contributed by atoms with Gasteiger partial charge >= 0.3 is 0 Å². The second-order valence-electron chi connectivity index (χ2n) is 7.03. The average Bonchev–Trinajstić information content (AvgIpc) is 2.42. The van der Waals surface area contributed by atoms with E-state index in [9.17, 15) is 4.79 Å².